The lowest BCUT2D eigenvalue weighted by Gasteiger charge is -2.43. The van der Waals surface area contributed by atoms with Gasteiger partial charge in [0.05, 0.1) is 6.61 Å². The molecule has 0 bridgehead atoms. The first-order valence-corrected chi connectivity index (χ1v) is 14.0. The molecule has 4 rings (SSSR count). The van der Waals surface area contributed by atoms with Gasteiger partial charge in [0.25, 0.3) is 5.91 Å². The minimum atomic E-state index is -0.499. The molecule has 2 amide bonds. The minimum absolute atomic E-state index is 0.00360. The summed E-state index contributed by atoms with van der Waals surface area (Å²) in [5, 5.41) is 0.640. The van der Waals surface area contributed by atoms with Crippen LogP contribution < -0.4 is 4.74 Å². The monoisotopic (exact) mass is 546 g/mol. The Balaban J connectivity index is 1.52. The van der Waals surface area contributed by atoms with E-state index in [-0.39, 0.29) is 17.2 Å². The Morgan fingerprint density at radius 3 is 2.28 bits per heavy atom. The lowest BCUT2D eigenvalue weighted by molar-refractivity contribution is -0.134. The van der Waals surface area contributed by atoms with Crippen molar-refractivity contribution in [3.05, 3.63) is 101 Å². The van der Waals surface area contributed by atoms with Crippen LogP contribution in [-0.4, -0.2) is 48.4 Å². The van der Waals surface area contributed by atoms with Crippen LogP contribution in [0.2, 0.25) is 5.02 Å². The molecule has 0 N–H and O–H groups in total. The van der Waals surface area contributed by atoms with Gasteiger partial charge in [-0.3, -0.25) is 9.59 Å². The third kappa shape index (κ3) is 7.63. The number of hydrogen-bond donors (Lipinski definition) is 0. The number of carbonyl (C=O) groups is 2. The molecular weight excluding hydrogens is 508 g/mol. The second kappa shape index (κ2) is 12.3. The second-order valence-electron chi connectivity index (χ2n) is 11.8. The predicted octanol–water partition coefficient (Wildman–Crippen LogP) is 6.99. The van der Waals surface area contributed by atoms with Gasteiger partial charge in [0.15, 0.2) is 0 Å². The zero-order valence-electron chi connectivity index (χ0n) is 23.5. The van der Waals surface area contributed by atoms with Crippen molar-refractivity contribution in [2.24, 2.45) is 5.41 Å². The van der Waals surface area contributed by atoms with Crippen molar-refractivity contribution in [1.29, 1.82) is 0 Å². The van der Waals surface area contributed by atoms with E-state index in [0.717, 1.165) is 18.4 Å². The van der Waals surface area contributed by atoms with Crippen LogP contribution in [0.4, 0.5) is 0 Å². The maximum Gasteiger partial charge on any atom is 0.253 e. The molecule has 0 aliphatic carbocycles. The molecule has 0 radical (unpaired) electrons. The number of nitrogens with zero attached hydrogens (tertiary/aromatic N) is 2. The van der Waals surface area contributed by atoms with E-state index in [1.54, 1.807) is 17.0 Å². The van der Waals surface area contributed by atoms with E-state index >= 15 is 0 Å². The summed E-state index contributed by atoms with van der Waals surface area (Å²) in [6, 6.07) is 25.1. The minimum Gasteiger partial charge on any atom is -0.493 e. The molecule has 3 aromatic rings. The van der Waals surface area contributed by atoms with Gasteiger partial charge in [0.1, 0.15) is 5.75 Å². The second-order valence-corrected chi connectivity index (χ2v) is 12.2. The highest BCUT2D eigenvalue weighted by molar-refractivity contribution is 6.30. The molecule has 39 heavy (non-hydrogen) atoms. The molecule has 0 aromatic heterocycles. The molecule has 1 atom stereocenters. The summed E-state index contributed by atoms with van der Waals surface area (Å²) in [4.78, 5) is 30.8. The fraction of sp³-hybridized carbons (Fsp3) is 0.394. The molecule has 0 spiro atoms. The molecule has 3 aromatic carbocycles. The molecule has 1 aliphatic rings. The van der Waals surface area contributed by atoms with Gasteiger partial charge in [-0.2, -0.15) is 0 Å². The number of amides is 2. The van der Waals surface area contributed by atoms with E-state index in [1.807, 2.05) is 78.7 Å². The van der Waals surface area contributed by atoms with Crippen LogP contribution in [0, 0.1) is 5.41 Å². The lowest BCUT2D eigenvalue weighted by atomic mass is 9.77. The Labute approximate surface area is 237 Å². The van der Waals surface area contributed by atoms with Crippen molar-refractivity contribution in [3.63, 3.8) is 0 Å². The summed E-state index contributed by atoms with van der Waals surface area (Å²) in [7, 11) is 1.84. The first kappa shape index (κ1) is 28.7. The van der Waals surface area contributed by atoms with Crippen molar-refractivity contribution in [1.82, 2.24) is 9.80 Å². The van der Waals surface area contributed by atoms with Crippen molar-refractivity contribution in [2.75, 3.05) is 26.7 Å². The van der Waals surface area contributed by atoms with E-state index in [2.05, 4.69) is 20.8 Å². The average Bonchev–Trinajstić information content (AvgIpc) is 2.92. The van der Waals surface area contributed by atoms with Gasteiger partial charge in [0, 0.05) is 49.1 Å². The van der Waals surface area contributed by atoms with Crippen molar-refractivity contribution < 1.29 is 14.3 Å². The summed E-state index contributed by atoms with van der Waals surface area (Å²) in [6.07, 6.45) is 1.92. The summed E-state index contributed by atoms with van der Waals surface area (Å²) in [5.41, 5.74) is 2.47. The molecule has 0 unspecified atom stereocenters. The number of hydrogen-bond acceptors (Lipinski definition) is 3. The zero-order valence-corrected chi connectivity index (χ0v) is 24.2. The average molecular weight is 547 g/mol. The number of likely N-dealkylation sites (tertiary alicyclic amines) is 1. The fourth-order valence-electron chi connectivity index (χ4n) is 5.16. The van der Waals surface area contributed by atoms with Crippen LogP contribution in [0.5, 0.6) is 5.75 Å². The number of benzene rings is 3. The van der Waals surface area contributed by atoms with Crippen LogP contribution in [0.15, 0.2) is 78.9 Å². The third-order valence-electron chi connectivity index (χ3n) is 7.52. The van der Waals surface area contributed by atoms with Crippen molar-refractivity contribution in [3.8, 4) is 5.75 Å². The number of halogens is 1. The van der Waals surface area contributed by atoms with Crippen LogP contribution in [-0.2, 0) is 16.8 Å². The fourth-order valence-corrected chi connectivity index (χ4v) is 5.28. The van der Waals surface area contributed by atoms with Crippen LogP contribution in [0.3, 0.4) is 0 Å². The van der Waals surface area contributed by atoms with Gasteiger partial charge < -0.3 is 14.5 Å². The molecule has 1 heterocycles. The van der Waals surface area contributed by atoms with Crippen molar-refractivity contribution >= 4 is 23.4 Å². The highest BCUT2D eigenvalue weighted by atomic mass is 35.5. The van der Waals surface area contributed by atoms with E-state index in [0.29, 0.717) is 49.0 Å². The van der Waals surface area contributed by atoms with E-state index in [1.165, 1.54) is 5.56 Å². The lowest BCUT2D eigenvalue weighted by Crippen LogP contribution is -2.50. The number of ether oxygens (including phenoxy) is 1. The molecule has 0 saturated carbocycles. The Kier molecular flexibility index (Phi) is 9.01. The molecular formula is C33H39ClN2O3. The highest BCUT2D eigenvalue weighted by Gasteiger charge is 2.40. The number of rotatable bonds is 8. The Bertz CT molecular complexity index is 1250. The summed E-state index contributed by atoms with van der Waals surface area (Å²) < 4.78 is 6.22. The zero-order chi connectivity index (χ0) is 28.0. The molecule has 206 valence electrons. The largest absolute Gasteiger partial charge is 0.493 e. The topological polar surface area (TPSA) is 49.9 Å². The third-order valence-corrected chi connectivity index (χ3v) is 7.77. The van der Waals surface area contributed by atoms with Gasteiger partial charge in [-0.1, -0.05) is 74.8 Å². The number of piperidine rings is 1. The quantitative estimate of drug-likeness (QED) is 0.306. The van der Waals surface area contributed by atoms with Gasteiger partial charge >= 0.3 is 0 Å². The van der Waals surface area contributed by atoms with Crippen LogP contribution >= 0.6 is 11.6 Å². The maximum absolute atomic E-state index is 13.6. The Hall–Kier alpha value is -3.31. The molecule has 6 heteroatoms. The summed E-state index contributed by atoms with van der Waals surface area (Å²) in [5.74, 6) is 0.739. The predicted molar refractivity (Wildman–Crippen MR) is 157 cm³/mol. The molecule has 1 fully saturated rings. The molecule has 1 aliphatic heterocycles. The standard InChI is InChI=1S/C33H39ClN2O3/c1-32(2,3)27-13-11-26(12-14-27)31(38)36-20-8-19-33(23-36,24-39-29-17-15-28(34)16-18-29)21-30(37)35(4)22-25-9-6-5-7-10-25/h5-7,9-18H,8,19-24H2,1-4H3/t33-/m1/s1. The molecule has 1 saturated heterocycles. The highest BCUT2D eigenvalue weighted by Crippen LogP contribution is 2.36. The summed E-state index contributed by atoms with van der Waals surface area (Å²) >= 11 is 6.05. The van der Waals surface area contributed by atoms with E-state index in [4.69, 9.17) is 16.3 Å². The van der Waals surface area contributed by atoms with Gasteiger partial charge in [-0.15, -0.1) is 0 Å². The van der Waals surface area contributed by atoms with Crippen molar-refractivity contribution in [2.45, 2.75) is 52.0 Å². The number of carbonyl (C=O) groups excluding carboxylic acids is 2. The first-order chi connectivity index (χ1) is 18.5. The van der Waals surface area contributed by atoms with Gasteiger partial charge in [-0.05, 0) is 65.8 Å². The Morgan fingerprint density at radius 2 is 1.64 bits per heavy atom. The maximum atomic E-state index is 13.6. The smallest absolute Gasteiger partial charge is 0.253 e. The first-order valence-electron chi connectivity index (χ1n) is 13.6. The summed E-state index contributed by atoms with van der Waals surface area (Å²) in [6.45, 7) is 8.49. The van der Waals surface area contributed by atoms with Crippen LogP contribution in [0.25, 0.3) is 0 Å². The normalized spacial score (nSPS) is 17.5. The van der Waals surface area contributed by atoms with Gasteiger partial charge in [0.2, 0.25) is 5.91 Å². The SMILES string of the molecule is CN(Cc1ccccc1)C(=O)C[C@]1(COc2ccc(Cl)cc2)CCCN(C(=O)c2ccc(C(C)(C)C)cc2)C1. The van der Waals surface area contributed by atoms with Gasteiger partial charge in [-0.25, -0.2) is 0 Å². The van der Waals surface area contributed by atoms with Crippen LogP contribution in [0.1, 0.15) is 61.5 Å². The molecule has 5 nitrogen and oxygen atoms in total. The Morgan fingerprint density at radius 1 is 0.974 bits per heavy atom. The van der Waals surface area contributed by atoms with E-state index in [9.17, 15) is 9.59 Å². The van der Waals surface area contributed by atoms with E-state index < -0.39 is 5.41 Å².